The molecule has 0 bridgehead atoms. The van der Waals surface area contributed by atoms with Crippen LogP contribution in [-0.4, -0.2) is 24.7 Å². The number of hydrogen-bond donors (Lipinski definition) is 0. The lowest BCUT2D eigenvalue weighted by Gasteiger charge is -2.06. The first-order valence-electron chi connectivity index (χ1n) is 4.11. The Morgan fingerprint density at radius 1 is 1.42 bits per heavy atom. The molecule has 68 valence electrons. The predicted octanol–water partition coefficient (Wildman–Crippen LogP) is 2.30. The number of nitrogens with zero attached hydrogens (tertiary/aromatic N) is 2. The highest BCUT2D eigenvalue weighted by Gasteiger charge is 1.98. The molecule has 0 unspecified atom stereocenters. The summed E-state index contributed by atoms with van der Waals surface area (Å²) >= 11 is 0. The second-order valence-corrected chi connectivity index (χ2v) is 3.17. The van der Waals surface area contributed by atoms with Gasteiger partial charge in [0.1, 0.15) is 0 Å². The highest BCUT2D eigenvalue weighted by molar-refractivity contribution is 5.96. The number of allylic oxidation sites excluding steroid dienone is 1. The number of aliphatic imine (C=N–C) groups is 1. The van der Waals surface area contributed by atoms with E-state index in [1.165, 1.54) is 0 Å². The lowest BCUT2D eigenvalue weighted by atomic mass is 10.1. The van der Waals surface area contributed by atoms with E-state index in [2.05, 4.69) is 25.4 Å². The van der Waals surface area contributed by atoms with Crippen LogP contribution in [0.15, 0.2) is 30.0 Å². The molecule has 0 N–H and O–H groups in total. The molecular formula is C10H18N2. The fourth-order valence-electron chi connectivity index (χ4n) is 0.715. The summed E-state index contributed by atoms with van der Waals surface area (Å²) in [5.74, 6) is 0.444. The Hall–Kier alpha value is -1.05. The van der Waals surface area contributed by atoms with Gasteiger partial charge in [-0.3, -0.25) is 4.99 Å². The summed E-state index contributed by atoms with van der Waals surface area (Å²) in [5, 5.41) is 0. The predicted molar refractivity (Wildman–Crippen MR) is 55.3 cm³/mol. The summed E-state index contributed by atoms with van der Waals surface area (Å²) in [6.45, 7) is 7.80. The van der Waals surface area contributed by atoms with Crippen molar-refractivity contribution in [3.8, 4) is 0 Å². The lowest BCUT2D eigenvalue weighted by molar-refractivity contribution is 0.564. The number of rotatable bonds is 4. The third-order valence-electron chi connectivity index (χ3n) is 1.38. The molecule has 0 aliphatic rings. The minimum absolute atomic E-state index is 0.444. The Bertz CT molecular complexity index is 188. The lowest BCUT2D eigenvalue weighted by Crippen LogP contribution is -2.07. The van der Waals surface area contributed by atoms with Crippen molar-refractivity contribution >= 4 is 5.71 Å². The molecule has 0 aromatic carbocycles. The Balaban J connectivity index is 4.34. The third-order valence-corrected chi connectivity index (χ3v) is 1.38. The van der Waals surface area contributed by atoms with Crippen molar-refractivity contribution in [1.29, 1.82) is 0 Å². The van der Waals surface area contributed by atoms with Crippen molar-refractivity contribution < 1.29 is 0 Å². The summed E-state index contributed by atoms with van der Waals surface area (Å²) in [4.78, 5) is 6.15. The van der Waals surface area contributed by atoms with Gasteiger partial charge in [0.15, 0.2) is 0 Å². The zero-order valence-corrected chi connectivity index (χ0v) is 8.41. The molecule has 0 fully saturated rings. The molecule has 0 aliphatic heterocycles. The molecular weight excluding hydrogens is 148 g/mol. The highest BCUT2D eigenvalue weighted by atomic mass is 15.0. The van der Waals surface area contributed by atoms with Crippen molar-refractivity contribution in [1.82, 2.24) is 4.90 Å². The topological polar surface area (TPSA) is 15.6 Å². The smallest absolute Gasteiger partial charge is 0.0443 e. The van der Waals surface area contributed by atoms with Gasteiger partial charge in [0.2, 0.25) is 0 Å². The van der Waals surface area contributed by atoms with Gasteiger partial charge in [0.25, 0.3) is 0 Å². The fraction of sp³-hybridized carbons (Fsp3) is 0.500. The normalized spacial score (nSPS) is 12.6. The van der Waals surface area contributed by atoms with E-state index in [-0.39, 0.29) is 0 Å². The molecule has 0 aromatic heterocycles. The van der Waals surface area contributed by atoms with Gasteiger partial charge in [-0.25, -0.2) is 0 Å². The van der Waals surface area contributed by atoms with Crippen LogP contribution in [0.5, 0.6) is 0 Å². The average molecular weight is 166 g/mol. The van der Waals surface area contributed by atoms with E-state index in [1.807, 2.05) is 31.3 Å². The first-order chi connectivity index (χ1) is 5.57. The van der Waals surface area contributed by atoms with Crippen molar-refractivity contribution in [3.05, 3.63) is 25.1 Å². The van der Waals surface area contributed by atoms with Gasteiger partial charge in [0.05, 0.1) is 0 Å². The summed E-state index contributed by atoms with van der Waals surface area (Å²) in [5.41, 5.74) is 1.05. The molecule has 0 spiro atoms. The van der Waals surface area contributed by atoms with Crippen LogP contribution < -0.4 is 0 Å². The van der Waals surface area contributed by atoms with Crippen molar-refractivity contribution in [2.24, 2.45) is 10.9 Å². The van der Waals surface area contributed by atoms with Crippen LogP contribution in [0, 0.1) is 5.92 Å². The van der Waals surface area contributed by atoms with Gasteiger partial charge < -0.3 is 4.90 Å². The molecule has 0 aliphatic carbocycles. The largest absolute Gasteiger partial charge is 0.383 e. The molecule has 2 heteroatoms. The fourth-order valence-corrected chi connectivity index (χ4v) is 0.715. The minimum atomic E-state index is 0.444. The van der Waals surface area contributed by atoms with E-state index in [0.717, 1.165) is 5.71 Å². The van der Waals surface area contributed by atoms with Gasteiger partial charge in [-0.1, -0.05) is 20.4 Å². The SMILES string of the molecule is C=CN=C(/C=C\N(C)C)C(C)C. The van der Waals surface area contributed by atoms with Gasteiger partial charge in [-0.05, 0) is 12.0 Å². The van der Waals surface area contributed by atoms with E-state index in [4.69, 9.17) is 0 Å². The van der Waals surface area contributed by atoms with E-state index >= 15 is 0 Å². The molecule has 0 heterocycles. The molecule has 2 nitrogen and oxygen atoms in total. The third kappa shape index (κ3) is 4.72. The van der Waals surface area contributed by atoms with Crippen molar-refractivity contribution in [3.63, 3.8) is 0 Å². The summed E-state index contributed by atoms with van der Waals surface area (Å²) in [6, 6.07) is 0. The maximum absolute atomic E-state index is 4.16. The zero-order valence-electron chi connectivity index (χ0n) is 8.41. The molecule has 0 saturated heterocycles. The number of hydrogen-bond acceptors (Lipinski definition) is 2. The maximum Gasteiger partial charge on any atom is 0.0443 e. The second kappa shape index (κ2) is 5.58. The van der Waals surface area contributed by atoms with Crippen LogP contribution >= 0.6 is 0 Å². The minimum Gasteiger partial charge on any atom is -0.383 e. The van der Waals surface area contributed by atoms with E-state index in [1.54, 1.807) is 6.20 Å². The van der Waals surface area contributed by atoms with Crippen LogP contribution in [0.4, 0.5) is 0 Å². The van der Waals surface area contributed by atoms with E-state index in [0.29, 0.717) is 5.92 Å². The standard InChI is InChI=1S/C10H18N2/c1-6-11-10(9(2)3)7-8-12(4)5/h6-9H,1H2,2-5H3/b8-7-,11-10?. The monoisotopic (exact) mass is 166 g/mol. The molecule has 0 saturated carbocycles. The first-order valence-corrected chi connectivity index (χ1v) is 4.11. The second-order valence-electron chi connectivity index (χ2n) is 3.17. The Kier molecular flexibility index (Phi) is 5.09. The molecule has 0 radical (unpaired) electrons. The van der Waals surface area contributed by atoms with Gasteiger partial charge in [-0.15, -0.1) is 0 Å². The van der Waals surface area contributed by atoms with Crippen LogP contribution in [0.3, 0.4) is 0 Å². The quantitative estimate of drug-likeness (QED) is 0.585. The summed E-state index contributed by atoms with van der Waals surface area (Å²) in [6.07, 6.45) is 5.57. The maximum atomic E-state index is 4.16. The Morgan fingerprint density at radius 2 is 2.00 bits per heavy atom. The molecule has 0 aromatic rings. The zero-order chi connectivity index (χ0) is 9.56. The first kappa shape index (κ1) is 11.0. The molecule has 0 rings (SSSR count). The van der Waals surface area contributed by atoms with Gasteiger partial charge in [-0.2, -0.15) is 0 Å². The van der Waals surface area contributed by atoms with Crippen LogP contribution in [0.25, 0.3) is 0 Å². The van der Waals surface area contributed by atoms with Gasteiger partial charge >= 0.3 is 0 Å². The van der Waals surface area contributed by atoms with Crippen molar-refractivity contribution in [2.45, 2.75) is 13.8 Å². The average Bonchev–Trinajstić information content (AvgIpc) is 1.96. The van der Waals surface area contributed by atoms with Crippen molar-refractivity contribution in [2.75, 3.05) is 14.1 Å². The Labute approximate surface area is 75.3 Å². The van der Waals surface area contributed by atoms with E-state index < -0.39 is 0 Å². The summed E-state index contributed by atoms with van der Waals surface area (Å²) in [7, 11) is 3.98. The highest BCUT2D eigenvalue weighted by Crippen LogP contribution is 1.99. The Morgan fingerprint density at radius 3 is 2.33 bits per heavy atom. The van der Waals surface area contributed by atoms with Crippen LogP contribution in [-0.2, 0) is 0 Å². The van der Waals surface area contributed by atoms with Crippen LogP contribution in [0.2, 0.25) is 0 Å². The van der Waals surface area contributed by atoms with Crippen LogP contribution in [0.1, 0.15) is 13.8 Å². The molecule has 12 heavy (non-hydrogen) atoms. The van der Waals surface area contributed by atoms with Gasteiger partial charge in [0, 0.05) is 32.2 Å². The van der Waals surface area contributed by atoms with E-state index in [9.17, 15) is 0 Å². The summed E-state index contributed by atoms with van der Waals surface area (Å²) < 4.78 is 0. The molecule has 0 atom stereocenters. The molecule has 0 amide bonds.